The number of carbonyl (C=O) groups is 3. The number of nitrogens with zero attached hydrogens (tertiary/aromatic N) is 1. The van der Waals surface area contributed by atoms with Gasteiger partial charge >= 0.3 is 11.7 Å². The number of thiophene rings is 1. The van der Waals surface area contributed by atoms with Crippen molar-refractivity contribution >= 4 is 45.1 Å². The van der Waals surface area contributed by atoms with Crippen molar-refractivity contribution in [2.45, 2.75) is 27.3 Å². The second-order valence-corrected chi connectivity index (χ2v) is 7.03. The van der Waals surface area contributed by atoms with Gasteiger partial charge in [0.25, 0.3) is 0 Å². The maximum atomic E-state index is 12.6. The van der Waals surface area contributed by atoms with E-state index in [0.717, 1.165) is 11.3 Å². The van der Waals surface area contributed by atoms with Crippen molar-refractivity contribution < 1.29 is 23.5 Å². The van der Waals surface area contributed by atoms with Crippen molar-refractivity contribution in [3.05, 3.63) is 50.8 Å². The summed E-state index contributed by atoms with van der Waals surface area (Å²) in [6.45, 7) is 4.54. The summed E-state index contributed by atoms with van der Waals surface area (Å²) >= 11 is 1.00. The van der Waals surface area contributed by atoms with Gasteiger partial charge in [-0.15, -0.1) is 11.3 Å². The quantitative estimate of drug-likeness (QED) is 0.502. The molecule has 9 heteroatoms. The van der Waals surface area contributed by atoms with Crippen molar-refractivity contribution in [3.63, 3.8) is 0 Å². The van der Waals surface area contributed by atoms with E-state index in [0.29, 0.717) is 21.5 Å². The van der Waals surface area contributed by atoms with Gasteiger partial charge < -0.3 is 14.5 Å². The Balaban J connectivity index is 1.92. The first-order valence-electron chi connectivity index (χ1n) is 8.53. The van der Waals surface area contributed by atoms with Crippen LogP contribution in [0.2, 0.25) is 0 Å². The van der Waals surface area contributed by atoms with Crippen LogP contribution < -0.4 is 11.1 Å². The first-order valence-corrected chi connectivity index (χ1v) is 9.34. The Morgan fingerprint density at radius 2 is 1.96 bits per heavy atom. The molecule has 3 aromatic rings. The van der Waals surface area contributed by atoms with Crippen molar-refractivity contribution in [1.29, 1.82) is 0 Å². The average molecular weight is 402 g/mol. The molecular formula is C19H18N2O6S. The van der Waals surface area contributed by atoms with Gasteiger partial charge in [0.05, 0.1) is 22.6 Å². The van der Waals surface area contributed by atoms with Gasteiger partial charge in [-0.05, 0) is 38.5 Å². The summed E-state index contributed by atoms with van der Waals surface area (Å²) in [7, 11) is 0. The molecule has 8 nitrogen and oxygen atoms in total. The molecule has 1 aromatic carbocycles. The smallest absolute Gasteiger partial charge is 0.420 e. The third-order valence-electron chi connectivity index (χ3n) is 4.07. The van der Waals surface area contributed by atoms with E-state index in [1.807, 2.05) is 0 Å². The van der Waals surface area contributed by atoms with Crippen molar-refractivity contribution in [3.8, 4) is 0 Å². The minimum absolute atomic E-state index is 0.148. The summed E-state index contributed by atoms with van der Waals surface area (Å²) in [5.74, 6) is -2.03. The molecule has 1 amide bonds. The number of oxazole rings is 1. The number of nitrogens with one attached hydrogen (secondary N) is 1. The Bertz CT molecular complexity index is 1140. The average Bonchev–Trinajstić information content (AvgIpc) is 3.12. The van der Waals surface area contributed by atoms with Gasteiger partial charge in [-0.1, -0.05) is 12.1 Å². The molecule has 2 heterocycles. The lowest BCUT2D eigenvalue weighted by molar-refractivity contribution is -0.116. The molecular weight excluding hydrogens is 384 g/mol. The molecule has 0 aliphatic heterocycles. The van der Waals surface area contributed by atoms with Crippen molar-refractivity contribution in [1.82, 2.24) is 4.57 Å². The molecule has 3 rings (SSSR count). The second-order valence-electron chi connectivity index (χ2n) is 6.01. The minimum atomic E-state index is -0.659. The van der Waals surface area contributed by atoms with Gasteiger partial charge in [-0.3, -0.25) is 14.2 Å². The molecule has 0 unspecified atom stereocenters. The molecule has 1 N–H and O–H groups in total. The van der Waals surface area contributed by atoms with Crippen LogP contribution in [-0.4, -0.2) is 28.8 Å². The molecule has 0 fully saturated rings. The number of fused-ring (bicyclic) bond motifs is 1. The molecule has 28 heavy (non-hydrogen) atoms. The monoisotopic (exact) mass is 402 g/mol. The Morgan fingerprint density at radius 1 is 1.25 bits per heavy atom. The van der Waals surface area contributed by atoms with Gasteiger partial charge in [0.2, 0.25) is 5.91 Å². The Kier molecular flexibility index (Phi) is 5.46. The Morgan fingerprint density at radius 3 is 2.64 bits per heavy atom. The maximum Gasteiger partial charge on any atom is 0.420 e. The number of ketones is 1. The fraction of sp³-hybridized carbons (Fsp3) is 0.263. The molecule has 0 saturated carbocycles. The number of rotatable bonds is 6. The number of Topliss-reactive ketones (excluding diaryl/α,β-unsaturated/α-hetero) is 1. The standard InChI is InChI=1S/C19H18N2O6S/c1-4-26-18(24)15-10(2)16(11(3)22)28-17(15)20-14(23)9-21-12-7-5-6-8-13(12)27-19(21)25/h5-8H,4,9H2,1-3H3,(H,20,23). The van der Waals surface area contributed by atoms with E-state index >= 15 is 0 Å². The maximum absolute atomic E-state index is 12.6. The zero-order chi connectivity index (χ0) is 20.4. The number of carbonyl (C=O) groups excluding carboxylic acids is 3. The van der Waals surface area contributed by atoms with E-state index < -0.39 is 17.6 Å². The number of ether oxygens (including phenoxy) is 1. The van der Waals surface area contributed by atoms with Crippen LogP contribution in [0.15, 0.2) is 33.5 Å². The highest BCUT2D eigenvalue weighted by Gasteiger charge is 2.25. The number of aromatic nitrogens is 1. The van der Waals surface area contributed by atoms with Gasteiger partial charge in [0, 0.05) is 0 Å². The van der Waals surface area contributed by atoms with Crippen LogP contribution >= 0.6 is 11.3 Å². The van der Waals surface area contributed by atoms with Crippen LogP contribution in [-0.2, 0) is 16.1 Å². The third kappa shape index (κ3) is 3.61. The van der Waals surface area contributed by atoms with Gasteiger partial charge in [0.1, 0.15) is 11.5 Å². The Labute approximate surface area is 163 Å². The summed E-state index contributed by atoms with van der Waals surface area (Å²) in [6, 6.07) is 6.75. The van der Waals surface area contributed by atoms with Gasteiger partial charge in [0.15, 0.2) is 11.4 Å². The first kappa shape index (κ1) is 19.6. The van der Waals surface area contributed by atoms with E-state index in [2.05, 4.69) is 5.32 Å². The number of amides is 1. The van der Waals surface area contributed by atoms with E-state index in [9.17, 15) is 19.2 Å². The number of hydrogen-bond donors (Lipinski definition) is 1. The predicted molar refractivity (Wildman–Crippen MR) is 104 cm³/mol. The summed E-state index contributed by atoms with van der Waals surface area (Å²) in [5, 5.41) is 2.84. The summed E-state index contributed by atoms with van der Waals surface area (Å²) in [4.78, 5) is 49.1. The van der Waals surface area contributed by atoms with Crippen molar-refractivity contribution in [2.24, 2.45) is 0 Å². The summed E-state index contributed by atoms with van der Waals surface area (Å²) in [5.41, 5.74) is 1.46. The lowest BCUT2D eigenvalue weighted by Crippen LogP contribution is -2.25. The van der Waals surface area contributed by atoms with E-state index in [-0.39, 0.29) is 29.5 Å². The van der Waals surface area contributed by atoms with Gasteiger partial charge in [-0.2, -0.15) is 0 Å². The Hall–Kier alpha value is -3.20. The number of anilines is 1. The number of hydrogen-bond acceptors (Lipinski definition) is 7. The fourth-order valence-electron chi connectivity index (χ4n) is 2.86. The minimum Gasteiger partial charge on any atom is -0.462 e. The van der Waals surface area contributed by atoms with Crippen LogP contribution in [0.1, 0.15) is 39.4 Å². The molecule has 0 aliphatic carbocycles. The largest absolute Gasteiger partial charge is 0.462 e. The lowest BCUT2D eigenvalue weighted by Gasteiger charge is -2.07. The number of para-hydroxylation sites is 2. The highest BCUT2D eigenvalue weighted by Crippen LogP contribution is 2.34. The number of esters is 1. The summed E-state index contributed by atoms with van der Waals surface area (Å²) < 4.78 is 11.3. The fourth-order valence-corrected chi connectivity index (χ4v) is 3.97. The van der Waals surface area contributed by atoms with E-state index in [1.54, 1.807) is 38.1 Å². The normalized spacial score (nSPS) is 10.8. The van der Waals surface area contributed by atoms with Gasteiger partial charge in [-0.25, -0.2) is 9.59 Å². The van der Waals surface area contributed by atoms with Crippen molar-refractivity contribution in [2.75, 3.05) is 11.9 Å². The molecule has 0 radical (unpaired) electrons. The van der Waals surface area contributed by atoms with Crippen LogP contribution in [0.25, 0.3) is 11.1 Å². The molecule has 146 valence electrons. The topological polar surface area (TPSA) is 108 Å². The van der Waals surface area contributed by atoms with E-state index in [4.69, 9.17) is 9.15 Å². The van der Waals surface area contributed by atoms with E-state index in [1.165, 1.54) is 11.5 Å². The van der Waals surface area contributed by atoms with Crippen LogP contribution in [0.4, 0.5) is 5.00 Å². The second kappa shape index (κ2) is 7.81. The molecule has 0 aliphatic rings. The molecule has 0 spiro atoms. The number of benzene rings is 1. The first-order chi connectivity index (χ1) is 13.3. The summed E-state index contributed by atoms with van der Waals surface area (Å²) in [6.07, 6.45) is 0. The molecule has 0 bridgehead atoms. The zero-order valence-electron chi connectivity index (χ0n) is 15.5. The SMILES string of the molecule is CCOC(=O)c1c(NC(=O)Cn2c(=O)oc3ccccc32)sc(C(C)=O)c1C. The molecule has 0 saturated heterocycles. The highest BCUT2D eigenvalue weighted by atomic mass is 32.1. The third-order valence-corrected chi connectivity index (χ3v) is 5.38. The van der Waals surface area contributed by atoms with Crippen LogP contribution in [0.5, 0.6) is 0 Å². The molecule has 2 aromatic heterocycles. The predicted octanol–water partition coefficient (Wildman–Crippen LogP) is 2.98. The van der Waals surface area contributed by atoms with Crippen LogP contribution in [0.3, 0.4) is 0 Å². The lowest BCUT2D eigenvalue weighted by atomic mass is 10.1. The van der Waals surface area contributed by atoms with Crippen LogP contribution in [0, 0.1) is 6.92 Å². The molecule has 0 atom stereocenters. The zero-order valence-corrected chi connectivity index (χ0v) is 16.3. The highest BCUT2D eigenvalue weighted by molar-refractivity contribution is 7.18.